The van der Waals surface area contributed by atoms with E-state index in [0.29, 0.717) is 29.3 Å². The molecule has 1 saturated heterocycles. The topological polar surface area (TPSA) is 79.7 Å². The number of benzene rings is 2. The molecule has 156 valence electrons. The van der Waals surface area contributed by atoms with E-state index in [4.69, 9.17) is 4.74 Å². The predicted molar refractivity (Wildman–Crippen MR) is 121 cm³/mol. The Labute approximate surface area is 187 Å². The molecule has 0 radical (unpaired) electrons. The summed E-state index contributed by atoms with van der Waals surface area (Å²) in [6.07, 6.45) is 1.59. The van der Waals surface area contributed by atoms with Crippen molar-refractivity contribution in [2.24, 2.45) is 0 Å². The Morgan fingerprint density at radius 3 is 2.39 bits per heavy atom. The summed E-state index contributed by atoms with van der Waals surface area (Å²) < 4.78 is 6.31. The Bertz CT molecular complexity index is 1140. The Morgan fingerprint density at radius 2 is 1.77 bits per heavy atom. The number of Topliss-reactive ketones (excluding diaryl/α,β-unsaturated/α-hetero) is 1. The lowest BCUT2D eigenvalue weighted by Crippen LogP contribution is -2.29. The molecule has 1 fully saturated rings. The van der Waals surface area contributed by atoms with E-state index in [1.165, 1.54) is 4.90 Å². The van der Waals surface area contributed by atoms with Crippen LogP contribution in [0.3, 0.4) is 0 Å². The first kappa shape index (κ1) is 20.8. The van der Waals surface area contributed by atoms with E-state index in [2.05, 4.69) is 20.9 Å². The van der Waals surface area contributed by atoms with E-state index in [0.717, 1.165) is 4.47 Å². The van der Waals surface area contributed by atoms with Gasteiger partial charge in [-0.15, -0.1) is 0 Å². The van der Waals surface area contributed by atoms with Gasteiger partial charge in [0.1, 0.15) is 17.6 Å². The van der Waals surface area contributed by atoms with Gasteiger partial charge in [-0.2, -0.15) is 0 Å². The van der Waals surface area contributed by atoms with Crippen molar-refractivity contribution >= 4 is 39.1 Å². The van der Waals surface area contributed by atoms with Crippen molar-refractivity contribution in [2.75, 3.05) is 11.5 Å². The minimum atomic E-state index is -0.859. The van der Waals surface area contributed by atoms with Gasteiger partial charge in [0.25, 0.3) is 11.7 Å². The quantitative estimate of drug-likeness (QED) is 0.321. The molecule has 31 heavy (non-hydrogen) atoms. The molecule has 6 nitrogen and oxygen atoms in total. The van der Waals surface area contributed by atoms with Crippen LogP contribution in [-0.4, -0.2) is 28.4 Å². The molecule has 1 atom stereocenters. The molecule has 1 aromatic heterocycles. The van der Waals surface area contributed by atoms with Gasteiger partial charge >= 0.3 is 0 Å². The van der Waals surface area contributed by atoms with Gasteiger partial charge in [0.05, 0.1) is 17.9 Å². The summed E-state index contributed by atoms with van der Waals surface area (Å²) in [6.45, 7) is 2.40. The molecule has 1 aliphatic rings. The maximum absolute atomic E-state index is 13.1. The maximum Gasteiger partial charge on any atom is 0.300 e. The summed E-state index contributed by atoms with van der Waals surface area (Å²) in [5, 5.41) is 11.0. The zero-order valence-electron chi connectivity index (χ0n) is 16.7. The minimum absolute atomic E-state index is 0.0000860. The third kappa shape index (κ3) is 3.96. The molecule has 3 aromatic rings. The molecule has 0 spiro atoms. The smallest absolute Gasteiger partial charge is 0.300 e. The van der Waals surface area contributed by atoms with Gasteiger partial charge in [0.15, 0.2) is 0 Å². The predicted octanol–water partition coefficient (Wildman–Crippen LogP) is 4.87. The van der Waals surface area contributed by atoms with Crippen LogP contribution < -0.4 is 9.64 Å². The number of pyridine rings is 1. The van der Waals surface area contributed by atoms with Gasteiger partial charge in [0.2, 0.25) is 0 Å². The van der Waals surface area contributed by atoms with Crippen LogP contribution in [-0.2, 0) is 9.59 Å². The molecule has 1 aliphatic heterocycles. The van der Waals surface area contributed by atoms with Crippen molar-refractivity contribution in [3.05, 3.63) is 94.2 Å². The average Bonchev–Trinajstić information content (AvgIpc) is 3.06. The lowest BCUT2D eigenvalue weighted by Gasteiger charge is -2.24. The second-order valence-electron chi connectivity index (χ2n) is 6.86. The number of aromatic nitrogens is 1. The number of aliphatic hydroxyl groups excluding tert-OH is 1. The van der Waals surface area contributed by atoms with E-state index >= 15 is 0 Å². The first-order valence-electron chi connectivity index (χ1n) is 9.72. The van der Waals surface area contributed by atoms with Crippen LogP contribution in [0.5, 0.6) is 5.75 Å². The summed E-state index contributed by atoms with van der Waals surface area (Å²) in [5.74, 6) is -1.06. The Kier molecular flexibility index (Phi) is 5.86. The molecule has 1 amide bonds. The van der Waals surface area contributed by atoms with Crippen molar-refractivity contribution in [2.45, 2.75) is 13.0 Å². The maximum atomic E-state index is 13.1. The fraction of sp³-hybridized carbons (Fsp3) is 0.125. The highest BCUT2D eigenvalue weighted by Gasteiger charge is 2.47. The summed E-state index contributed by atoms with van der Waals surface area (Å²) in [7, 11) is 0. The number of carbonyl (C=O) groups is 2. The number of amides is 1. The first-order chi connectivity index (χ1) is 15.0. The fourth-order valence-electron chi connectivity index (χ4n) is 3.55. The number of rotatable bonds is 5. The SMILES string of the molecule is CCOc1ccc(N2C(=O)C(=O)/C(=C(\O)c3ccc(Br)cc3)C2c2ccccn2)cc1. The van der Waals surface area contributed by atoms with Crippen LogP contribution in [0.25, 0.3) is 5.76 Å². The van der Waals surface area contributed by atoms with Crippen LogP contribution >= 0.6 is 15.9 Å². The molecule has 4 rings (SSSR count). The number of nitrogens with zero attached hydrogens (tertiary/aromatic N) is 2. The summed E-state index contributed by atoms with van der Waals surface area (Å²) in [5.41, 5.74) is 1.43. The monoisotopic (exact) mass is 478 g/mol. The summed E-state index contributed by atoms with van der Waals surface area (Å²) >= 11 is 3.36. The molecule has 0 aliphatic carbocycles. The van der Waals surface area contributed by atoms with Gasteiger partial charge in [-0.3, -0.25) is 19.5 Å². The van der Waals surface area contributed by atoms with Crippen LogP contribution in [0.4, 0.5) is 5.69 Å². The second kappa shape index (κ2) is 8.73. The molecule has 0 bridgehead atoms. The number of ketones is 1. The van der Waals surface area contributed by atoms with Crippen molar-refractivity contribution in [1.82, 2.24) is 4.98 Å². The molecule has 7 heteroatoms. The molecular formula is C24H19BrN2O4. The lowest BCUT2D eigenvalue weighted by molar-refractivity contribution is -0.132. The van der Waals surface area contributed by atoms with Crippen LogP contribution in [0.15, 0.2) is 83.0 Å². The number of carbonyl (C=O) groups excluding carboxylic acids is 2. The molecule has 1 unspecified atom stereocenters. The van der Waals surface area contributed by atoms with Gasteiger partial charge < -0.3 is 9.84 Å². The number of anilines is 1. The third-order valence-electron chi connectivity index (χ3n) is 4.96. The van der Waals surface area contributed by atoms with E-state index in [9.17, 15) is 14.7 Å². The number of hydrogen-bond donors (Lipinski definition) is 1. The lowest BCUT2D eigenvalue weighted by atomic mass is 9.98. The Morgan fingerprint density at radius 1 is 1.06 bits per heavy atom. The van der Waals surface area contributed by atoms with Gasteiger partial charge in [-0.25, -0.2) is 0 Å². The summed E-state index contributed by atoms with van der Waals surface area (Å²) in [6, 6.07) is 18.2. The van der Waals surface area contributed by atoms with Gasteiger partial charge in [-0.05, 0) is 55.5 Å². The van der Waals surface area contributed by atoms with E-state index < -0.39 is 17.7 Å². The van der Waals surface area contributed by atoms with Crippen LogP contribution in [0.2, 0.25) is 0 Å². The number of ether oxygens (including phenoxy) is 1. The highest BCUT2D eigenvalue weighted by atomic mass is 79.9. The Balaban J connectivity index is 1.87. The average molecular weight is 479 g/mol. The normalized spacial score (nSPS) is 17.7. The largest absolute Gasteiger partial charge is 0.507 e. The van der Waals surface area contributed by atoms with Gasteiger partial charge in [-0.1, -0.05) is 34.1 Å². The zero-order valence-corrected chi connectivity index (χ0v) is 18.2. The molecule has 0 saturated carbocycles. The Hall–Kier alpha value is -3.45. The standard InChI is InChI=1S/C24H19BrN2O4/c1-2-31-18-12-10-17(11-13-18)27-21(19-5-3-4-14-26-19)20(23(29)24(27)30)22(28)15-6-8-16(25)9-7-15/h3-14,21,28H,2H2,1H3/b22-20-. The van der Waals surface area contributed by atoms with Crippen LogP contribution in [0.1, 0.15) is 24.2 Å². The number of aliphatic hydroxyl groups is 1. The van der Waals surface area contributed by atoms with E-state index in [-0.39, 0.29) is 11.3 Å². The van der Waals surface area contributed by atoms with E-state index in [1.54, 1.807) is 72.9 Å². The fourth-order valence-corrected chi connectivity index (χ4v) is 3.81. The number of halogens is 1. The minimum Gasteiger partial charge on any atom is -0.507 e. The first-order valence-corrected chi connectivity index (χ1v) is 10.5. The van der Waals surface area contributed by atoms with E-state index in [1.807, 2.05) is 6.92 Å². The van der Waals surface area contributed by atoms with Crippen LogP contribution in [0, 0.1) is 0 Å². The highest BCUT2D eigenvalue weighted by molar-refractivity contribution is 9.10. The molecule has 1 N–H and O–H groups in total. The second-order valence-corrected chi connectivity index (χ2v) is 7.77. The number of hydrogen-bond acceptors (Lipinski definition) is 5. The molecule has 2 heterocycles. The summed E-state index contributed by atoms with van der Waals surface area (Å²) in [4.78, 5) is 31.9. The van der Waals surface area contributed by atoms with Gasteiger partial charge in [0, 0.05) is 21.9 Å². The van der Waals surface area contributed by atoms with Crippen molar-refractivity contribution in [1.29, 1.82) is 0 Å². The third-order valence-corrected chi connectivity index (χ3v) is 5.48. The molecular weight excluding hydrogens is 460 g/mol. The highest BCUT2D eigenvalue weighted by Crippen LogP contribution is 2.41. The van der Waals surface area contributed by atoms with Crippen molar-refractivity contribution in [3.63, 3.8) is 0 Å². The molecule has 2 aromatic carbocycles. The van der Waals surface area contributed by atoms with Crippen molar-refractivity contribution in [3.8, 4) is 5.75 Å². The van der Waals surface area contributed by atoms with Crippen molar-refractivity contribution < 1.29 is 19.4 Å². The zero-order chi connectivity index (χ0) is 22.0.